The molecule has 6 heteroatoms. The number of carbonyl (C=O) groups is 1. The summed E-state index contributed by atoms with van der Waals surface area (Å²) < 4.78 is 5.91. The maximum atomic E-state index is 13.0. The quantitative estimate of drug-likeness (QED) is 0.249. The van der Waals surface area contributed by atoms with Gasteiger partial charge in [0.05, 0.1) is 0 Å². The number of H-pyrrole nitrogens is 1. The number of fused-ring (bicyclic) bond motifs is 2. The maximum absolute atomic E-state index is 13.0. The van der Waals surface area contributed by atoms with Crippen molar-refractivity contribution in [3.63, 3.8) is 0 Å². The van der Waals surface area contributed by atoms with Gasteiger partial charge >= 0.3 is 0 Å². The van der Waals surface area contributed by atoms with Crippen LogP contribution in [0.4, 0.5) is 5.69 Å². The van der Waals surface area contributed by atoms with Crippen LogP contribution in [0.2, 0.25) is 0 Å². The Morgan fingerprint density at radius 3 is 2.84 bits per heavy atom. The van der Waals surface area contributed by atoms with E-state index in [0.29, 0.717) is 11.3 Å². The van der Waals surface area contributed by atoms with Gasteiger partial charge in [0.25, 0.3) is 5.91 Å². The number of likely N-dealkylation sites (N-methyl/N-ethyl adjacent to an activating group) is 1. The number of aromatic amines is 1. The summed E-state index contributed by atoms with van der Waals surface area (Å²) in [6.07, 6.45) is 5.93. The Bertz CT molecular complexity index is 1180. The summed E-state index contributed by atoms with van der Waals surface area (Å²) in [6.45, 7) is 3.87. The number of nitrogens with one attached hydrogen (secondary N) is 4. The predicted octanol–water partition coefficient (Wildman–Crippen LogP) is 5.08. The first-order valence-corrected chi connectivity index (χ1v) is 11.5. The Morgan fingerprint density at radius 2 is 2.00 bits per heavy atom. The van der Waals surface area contributed by atoms with Crippen molar-refractivity contribution >= 4 is 33.5 Å². The highest BCUT2D eigenvalue weighted by atomic mass is 16.3. The van der Waals surface area contributed by atoms with E-state index in [9.17, 15) is 4.79 Å². The smallest absolute Gasteiger partial charge is 0.287 e. The van der Waals surface area contributed by atoms with Gasteiger partial charge in [0, 0.05) is 53.4 Å². The third kappa shape index (κ3) is 5.14. The van der Waals surface area contributed by atoms with Crippen molar-refractivity contribution in [2.45, 2.75) is 38.6 Å². The second-order valence-corrected chi connectivity index (χ2v) is 8.27. The van der Waals surface area contributed by atoms with Crippen molar-refractivity contribution in [3.05, 3.63) is 66.1 Å². The van der Waals surface area contributed by atoms with E-state index >= 15 is 0 Å². The second-order valence-electron chi connectivity index (χ2n) is 8.27. The number of carbonyl (C=O) groups excluding carboxylic acids is 1. The molecule has 4 N–H and O–H groups in total. The molecule has 4 aromatic rings. The molecule has 0 saturated heterocycles. The Hall–Kier alpha value is -3.25. The molecule has 0 spiro atoms. The van der Waals surface area contributed by atoms with Crippen LogP contribution >= 0.6 is 0 Å². The van der Waals surface area contributed by atoms with Gasteiger partial charge in [0.15, 0.2) is 5.76 Å². The summed E-state index contributed by atoms with van der Waals surface area (Å²) in [5.74, 6) is 0.194. The summed E-state index contributed by atoms with van der Waals surface area (Å²) in [5, 5.41) is 11.8. The number of amides is 1. The van der Waals surface area contributed by atoms with Crippen LogP contribution < -0.4 is 16.0 Å². The average molecular weight is 433 g/mol. The second kappa shape index (κ2) is 10.4. The zero-order valence-corrected chi connectivity index (χ0v) is 18.8. The molecule has 2 aromatic carbocycles. The van der Waals surface area contributed by atoms with Crippen LogP contribution in [0.5, 0.6) is 0 Å². The first kappa shape index (κ1) is 22.0. The van der Waals surface area contributed by atoms with Crippen LogP contribution in [0, 0.1) is 0 Å². The van der Waals surface area contributed by atoms with Crippen molar-refractivity contribution in [2.75, 3.05) is 25.5 Å². The fraction of sp³-hybridized carbons (Fsp3) is 0.346. The molecule has 4 rings (SSSR count). The highest BCUT2D eigenvalue weighted by molar-refractivity contribution is 5.96. The number of aromatic nitrogens is 1. The van der Waals surface area contributed by atoms with Crippen LogP contribution in [0.15, 0.2) is 59.1 Å². The lowest BCUT2D eigenvalue weighted by atomic mass is 10.0. The van der Waals surface area contributed by atoms with Gasteiger partial charge in [0.1, 0.15) is 5.58 Å². The largest absolute Gasteiger partial charge is 0.451 e. The highest BCUT2D eigenvalue weighted by Gasteiger charge is 2.19. The number of rotatable bonds is 11. The van der Waals surface area contributed by atoms with Gasteiger partial charge in [-0.3, -0.25) is 4.79 Å². The van der Waals surface area contributed by atoms with E-state index in [1.54, 1.807) is 0 Å². The first-order chi connectivity index (χ1) is 15.7. The highest BCUT2D eigenvalue weighted by Crippen LogP contribution is 2.24. The monoisotopic (exact) mass is 432 g/mol. The Balaban J connectivity index is 1.48. The standard InChI is InChI=1S/C26H32N4O2/c1-3-4-7-21(14-19-17-29-23-9-6-5-8-22(19)23)30-26(31)25-15-18-10-11-20(16-24(18)32-25)28-13-12-27-2/h5-6,8-11,15-17,21,27-29H,3-4,7,12-14H2,1-2H3,(H,30,31). The number of hydrogen-bond acceptors (Lipinski definition) is 4. The SMILES string of the molecule is CCCCC(Cc1c[nH]c2ccccc12)NC(=O)c1cc2ccc(NCCNC)cc2o1. The lowest BCUT2D eigenvalue weighted by molar-refractivity contribution is 0.0908. The lowest BCUT2D eigenvalue weighted by Crippen LogP contribution is -2.36. The van der Waals surface area contributed by atoms with Gasteiger partial charge in [-0.1, -0.05) is 38.0 Å². The zero-order valence-electron chi connectivity index (χ0n) is 18.8. The number of benzene rings is 2. The molecule has 0 aliphatic rings. The van der Waals surface area contributed by atoms with Crippen LogP contribution in [0.1, 0.15) is 42.3 Å². The van der Waals surface area contributed by atoms with Gasteiger partial charge < -0.3 is 25.4 Å². The van der Waals surface area contributed by atoms with E-state index in [1.807, 2.05) is 37.4 Å². The fourth-order valence-electron chi connectivity index (χ4n) is 4.08. The zero-order chi connectivity index (χ0) is 22.3. The van der Waals surface area contributed by atoms with E-state index in [0.717, 1.165) is 55.4 Å². The normalized spacial score (nSPS) is 12.3. The van der Waals surface area contributed by atoms with E-state index in [2.05, 4.69) is 52.3 Å². The first-order valence-electron chi connectivity index (χ1n) is 11.5. The third-order valence-electron chi connectivity index (χ3n) is 5.83. The van der Waals surface area contributed by atoms with Crippen LogP contribution in [0.3, 0.4) is 0 Å². The Kier molecular flexibility index (Phi) is 7.12. The fourth-order valence-corrected chi connectivity index (χ4v) is 4.08. The van der Waals surface area contributed by atoms with Crippen molar-refractivity contribution in [2.24, 2.45) is 0 Å². The number of unbranched alkanes of at least 4 members (excludes halogenated alkanes) is 1. The summed E-state index contributed by atoms with van der Waals surface area (Å²) in [7, 11) is 1.93. The molecule has 32 heavy (non-hydrogen) atoms. The molecule has 6 nitrogen and oxygen atoms in total. The van der Waals surface area contributed by atoms with E-state index in [1.165, 1.54) is 10.9 Å². The minimum atomic E-state index is -0.160. The lowest BCUT2D eigenvalue weighted by Gasteiger charge is -2.17. The molecule has 1 unspecified atom stereocenters. The summed E-state index contributed by atoms with van der Waals surface area (Å²) >= 11 is 0. The Labute approximate surface area is 188 Å². The van der Waals surface area contributed by atoms with Gasteiger partial charge in [-0.25, -0.2) is 0 Å². The average Bonchev–Trinajstić information content (AvgIpc) is 3.42. The van der Waals surface area contributed by atoms with Crippen LogP contribution in [-0.4, -0.2) is 37.1 Å². The molecule has 0 aliphatic carbocycles. The molecule has 168 valence electrons. The molecular weight excluding hydrogens is 400 g/mol. The Morgan fingerprint density at radius 1 is 1.12 bits per heavy atom. The number of para-hydroxylation sites is 1. The van der Waals surface area contributed by atoms with Crippen molar-refractivity contribution in [1.82, 2.24) is 15.6 Å². The summed E-state index contributed by atoms with van der Waals surface area (Å²) in [5.41, 5.74) is 4.05. The molecule has 0 aliphatic heterocycles. The molecule has 2 heterocycles. The molecule has 0 radical (unpaired) electrons. The maximum Gasteiger partial charge on any atom is 0.287 e. The molecule has 0 bridgehead atoms. The minimum absolute atomic E-state index is 0.0497. The van der Waals surface area contributed by atoms with Gasteiger partial charge in [-0.2, -0.15) is 0 Å². The van der Waals surface area contributed by atoms with Crippen LogP contribution in [-0.2, 0) is 6.42 Å². The van der Waals surface area contributed by atoms with Crippen LogP contribution in [0.25, 0.3) is 21.9 Å². The van der Waals surface area contributed by atoms with Gasteiger partial charge in [-0.15, -0.1) is 0 Å². The van der Waals surface area contributed by atoms with Crippen molar-refractivity contribution < 1.29 is 9.21 Å². The summed E-state index contributed by atoms with van der Waals surface area (Å²) in [6, 6.07) is 16.1. The van der Waals surface area contributed by atoms with Gasteiger partial charge in [-0.05, 0) is 49.7 Å². The number of furan rings is 1. The van der Waals surface area contributed by atoms with E-state index in [-0.39, 0.29) is 11.9 Å². The number of anilines is 1. The molecule has 1 amide bonds. The third-order valence-corrected chi connectivity index (χ3v) is 5.83. The van der Waals surface area contributed by atoms with Crippen molar-refractivity contribution in [3.8, 4) is 0 Å². The minimum Gasteiger partial charge on any atom is -0.451 e. The molecule has 1 atom stereocenters. The van der Waals surface area contributed by atoms with E-state index < -0.39 is 0 Å². The van der Waals surface area contributed by atoms with Crippen molar-refractivity contribution in [1.29, 1.82) is 0 Å². The molecule has 0 fully saturated rings. The molecule has 0 saturated carbocycles. The predicted molar refractivity (Wildman–Crippen MR) is 131 cm³/mol. The number of hydrogen-bond donors (Lipinski definition) is 4. The summed E-state index contributed by atoms with van der Waals surface area (Å²) in [4.78, 5) is 16.4. The van der Waals surface area contributed by atoms with E-state index in [4.69, 9.17) is 4.42 Å². The topological polar surface area (TPSA) is 82.1 Å². The molecule has 2 aromatic heterocycles. The van der Waals surface area contributed by atoms with Gasteiger partial charge in [0.2, 0.25) is 0 Å². The molecular formula is C26H32N4O2.